The SMILES string of the molecule is N#CC1CCCCN1C(=O)c1ccc(F)c(F)c1F. The molecule has 1 unspecified atom stereocenters. The summed E-state index contributed by atoms with van der Waals surface area (Å²) in [6.07, 6.45) is 2.02. The van der Waals surface area contributed by atoms with E-state index in [0.717, 1.165) is 12.5 Å². The van der Waals surface area contributed by atoms with Crippen LogP contribution in [-0.4, -0.2) is 23.4 Å². The molecule has 1 fully saturated rings. The molecule has 0 aliphatic carbocycles. The Morgan fingerprint density at radius 2 is 2.00 bits per heavy atom. The third kappa shape index (κ3) is 2.41. The van der Waals surface area contributed by atoms with Crippen molar-refractivity contribution in [2.45, 2.75) is 25.3 Å². The highest BCUT2D eigenvalue weighted by atomic mass is 19.2. The summed E-state index contributed by atoms with van der Waals surface area (Å²) in [5.41, 5.74) is -0.541. The van der Waals surface area contributed by atoms with Crippen LogP contribution >= 0.6 is 0 Å². The number of benzene rings is 1. The summed E-state index contributed by atoms with van der Waals surface area (Å²) in [7, 11) is 0. The van der Waals surface area contributed by atoms with Crippen LogP contribution in [0, 0.1) is 28.8 Å². The monoisotopic (exact) mass is 268 g/mol. The molecule has 1 aromatic carbocycles. The van der Waals surface area contributed by atoms with E-state index >= 15 is 0 Å². The molecule has 1 aliphatic heterocycles. The van der Waals surface area contributed by atoms with E-state index in [1.807, 2.05) is 6.07 Å². The lowest BCUT2D eigenvalue weighted by atomic mass is 10.0. The summed E-state index contributed by atoms with van der Waals surface area (Å²) in [4.78, 5) is 13.3. The van der Waals surface area contributed by atoms with Crippen molar-refractivity contribution in [2.75, 3.05) is 6.54 Å². The van der Waals surface area contributed by atoms with Gasteiger partial charge in [-0.15, -0.1) is 0 Å². The molecule has 100 valence electrons. The van der Waals surface area contributed by atoms with Crippen LogP contribution in [-0.2, 0) is 0 Å². The lowest BCUT2D eigenvalue weighted by Crippen LogP contribution is -2.43. The quantitative estimate of drug-likeness (QED) is 0.735. The number of hydrogen-bond donors (Lipinski definition) is 0. The Bertz CT molecular complexity index is 554. The third-order valence-electron chi connectivity index (χ3n) is 3.18. The first kappa shape index (κ1) is 13.4. The molecule has 0 bridgehead atoms. The van der Waals surface area contributed by atoms with Crippen molar-refractivity contribution in [2.24, 2.45) is 0 Å². The third-order valence-corrected chi connectivity index (χ3v) is 3.18. The van der Waals surface area contributed by atoms with E-state index in [1.54, 1.807) is 0 Å². The maximum absolute atomic E-state index is 13.6. The van der Waals surface area contributed by atoms with Gasteiger partial charge in [-0.05, 0) is 31.4 Å². The molecule has 0 saturated carbocycles. The minimum absolute atomic E-state index is 0.315. The fourth-order valence-electron chi connectivity index (χ4n) is 2.15. The van der Waals surface area contributed by atoms with Gasteiger partial charge in [-0.1, -0.05) is 0 Å². The van der Waals surface area contributed by atoms with Crippen LogP contribution in [0.4, 0.5) is 13.2 Å². The number of nitriles is 1. The molecule has 1 heterocycles. The van der Waals surface area contributed by atoms with E-state index in [-0.39, 0.29) is 0 Å². The van der Waals surface area contributed by atoms with Gasteiger partial charge in [0.15, 0.2) is 17.5 Å². The Balaban J connectivity index is 2.34. The van der Waals surface area contributed by atoms with Gasteiger partial charge in [0, 0.05) is 6.54 Å². The molecule has 1 aromatic rings. The fraction of sp³-hybridized carbons (Fsp3) is 0.385. The Labute approximate surface area is 108 Å². The zero-order valence-corrected chi connectivity index (χ0v) is 10.00. The second-order valence-corrected chi connectivity index (χ2v) is 4.36. The van der Waals surface area contributed by atoms with Crippen LogP contribution in [0.15, 0.2) is 12.1 Å². The minimum Gasteiger partial charge on any atom is -0.323 e. The van der Waals surface area contributed by atoms with Gasteiger partial charge in [0.1, 0.15) is 6.04 Å². The molecule has 1 amide bonds. The largest absolute Gasteiger partial charge is 0.323 e. The smallest absolute Gasteiger partial charge is 0.258 e. The van der Waals surface area contributed by atoms with Gasteiger partial charge in [-0.25, -0.2) is 13.2 Å². The molecule has 1 atom stereocenters. The molecule has 6 heteroatoms. The van der Waals surface area contributed by atoms with Crippen LogP contribution in [0.1, 0.15) is 29.6 Å². The summed E-state index contributed by atoms with van der Waals surface area (Å²) in [5.74, 6) is -5.30. The topological polar surface area (TPSA) is 44.1 Å². The molecular weight excluding hydrogens is 257 g/mol. The maximum Gasteiger partial charge on any atom is 0.258 e. The van der Waals surface area contributed by atoms with E-state index in [4.69, 9.17) is 5.26 Å². The molecule has 19 heavy (non-hydrogen) atoms. The van der Waals surface area contributed by atoms with Crippen LogP contribution in [0.25, 0.3) is 0 Å². The number of amides is 1. The molecule has 1 saturated heterocycles. The second kappa shape index (κ2) is 5.31. The summed E-state index contributed by atoms with van der Waals surface area (Å²) in [6.45, 7) is 0.315. The summed E-state index contributed by atoms with van der Waals surface area (Å²) >= 11 is 0. The van der Waals surface area contributed by atoms with Gasteiger partial charge in [0.25, 0.3) is 5.91 Å². The lowest BCUT2D eigenvalue weighted by molar-refractivity contribution is 0.0664. The summed E-state index contributed by atoms with van der Waals surface area (Å²) in [6, 6.07) is 2.93. The first-order valence-electron chi connectivity index (χ1n) is 5.90. The van der Waals surface area contributed by atoms with Crippen molar-refractivity contribution in [1.29, 1.82) is 5.26 Å². The Morgan fingerprint density at radius 3 is 2.68 bits per heavy atom. The van der Waals surface area contributed by atoms with Crippen molar-refractivity contribution in [1.82, 2.24) is 4.90 Å². The van der Waals surface area contributed by atoms with Gasteiger partial charge in [-0.2, -0.15) is 5.26 Å². The number of likely N-dealkylation sites (tertiary alicyclic amines) is 1. The first-order chi connectivity index (χ1) is 9.06. The number of rotatable bonds is 1. The number of hydrogen-bond acceptors (Lipinski definition) is 2. The average molecular weight is 268 g/mol. The van der Waals surface area contributed by atoms with Crippen molar-refractivity contribution >= 4 is 5.91 Å². The number of piperidine rings is 1. The number of carbonyl (C=O) groups excluding carboxylic acids is 1. The molecule has 0 aromatic heterocycles. The zero-order chi connectivity index (χ0) is 14.0. The summed E-state index contributed by atoms with van der Waals surface area (Å²) < 4.78 is 39.5. The molecule has 2 rings (SSSR count). The number of carbonyl (C=O) groups is 1. The fourth-order valence-corrected chi connectivity index (χ4v) is 2.15. The second-order valence-electron chi connectivity index (χ2n) is 4.36. The molecular formula is C13H11F3N2O. The predicted molar refractivity (Wildman–Crippen MR) is 60.6 cm³/mol. The standard InChI is InChI=1S/C13H11F3N2O/c14-10-5-4-9(11(15)12(10)16)13(19)18-6-2-1-3-8(18)7-17/h4-5,8H,1-3,6H2. The van der Waals surface area contributed by atoms with E-state index in [9.17, 15) is 18.0 Å². The minimum atomic E-state index is -1.67. The van der Waals surface area contributed by atoms with E-state index in [0.29, 0.717) is 25.5 Å². The highest BCUT2D eigenvalue weighted by molar-refractivity contribution is 5.95. The van der Waals surface area contributed by atoms with Gasteiger partial charge >= 0.3 is 0 Å². The number of nitrogens with zero attached hydrogens (tertiary/aromatic N) is 2. The summed E-state index contributed by atoms with van der Waals surface area (Å²) in [5, 5.41) is 8.95. The molecule has 0 spiro atoms. The van der Waals surface area contributed by atoms with E-state index in [1.165, 1.54) is 4.90 Å². The van der Waals surface area contributed by atoms with Crippen LogP contribution in [0.3, 0.4) is 0 Å². The van der Waals surface area contributed by atoms with E-state index in [2.05, 4.69) is 0 Å². The van der Waals surface area contributed by atoms with Crippen LogP contribution in [0.5, 0.6) is 0 Å². The normalized spacial score (nSPS) is 19.1. The Morgan fingerprint density at radius 1 is 1.26 bits per heavy atom. The number of halogens is 3. The first-order valence-corrected chi connectivity index (χ1v) is 5.90. The Kier molecular flexibility index (Phi) is 3.74. The average Bonchev–Trinajstić information content (AvgIpc) is 2.44. The van der Waals surface area contributed by atoms with Gasteiger partial charge < -0.3 is 4.90 Å². The highest BCUT2D eigenvalue weighted by Crippen LogP contribution is 2.22. The highest BCUT2D eigenvalue weighted by Gasteiger charge is 2.30. The van der Waals surface area contributed by atoms with Gasteiger partial charge in [-0.3, -0.25) is 4.79 Å². The van der Waals surface area contributed by atoms with Crippen molar-refractivity contribution in [3.05, 3.63) is 35.1 Å². The molecule has 3 nitrogen and oxygen atoms in total. The molecule has 1 aliphatic rings. The molecule has 0 N–H and O–H groups in total. The van der Waals surface area contributed by atoms with Crippen LogP contribution in [0.2, 0.25) is 0 Å². The lowest BCUT2D eigenvalue weighted by Gasteiger charge is -2.31. The zero-order valence-electron chi connectivity index (χ0n) is 10.00. The van der Waals surface area contributed by atoms with Crippen molar-refractivity contribution in [3.8, 4) is 6.07 Å². The van der Waals surface area contributed by atoms with Crippen molar-refractivity contribution < 1.29 is 18.0 Å². The predicted octanol–water partition coefficient (Wildman–Crippen LogP) is 2.62. The van der Waals surface area contributed by atoms with Gasteiger partial charge in [0.05, 0.1) is 11.6 Å². The Hall–Kier alpha value is -2.03. The maximum atomic E-state index is 13.6. The van der Waals surface area contributed by atoms with Gasteiger partial charge in [0.2, 0.25) is 0 Å². The van der Waals surface area contributed by atoms with Crippen LogP contribution < -0.4 is 0 Å². The molecule has 0 radical (unpaired) electrons. The van der Waals surface area contributed by atoms with Crippen molar-refractivity contribution in [3.63, 3.8) is 0 Å². The van der Waals surface area contributed by atoms with E-state index < -0.39 is 35.0 Å².